The minimum atomic E-state index is -1.11. The van der Waals surface area contributed by atoms with Gasteiger partial charge >= 0.3 is 0 Å². The van der Waals surface area contributed by atoms with Crippen molar-refractivity contribution >= 4 is 16.9 Å². The summed E-state index contributed by atoms with van der Waals surface area (Å²) in [5, 5.41) is 26.5. The number of nitrogens with two attached hydrogens (primary N) is 1. The second-order valence-electron chi connectivity index (χ2n) is 6.52. The van der Waals surface area contributed by atoms with Crippen LogP contribution in [0.15, 0.2) is 46.1 Å². The van der Waals surface area contributed by atoms with E-state index in [1.165, 1.54) is 4.57 Å². The smallest absolute Gasteiger partial charge is 0.242 e. The molecule has 0 radical (unpaired) electrons. The topological polar surface area (TPSA) is 110 Å². The third-order valence-corrected chi connectivity index (χ3v) is 4.78. The summed E-state index contributed by atoms with van der Waals surface area (Å²) >= 11 is 0. The minimum absolute atomic E-state index is 0.161. The Morgan fingerprint density at radius 1 is 1.14 bits per heavy atom. The van der Waals surface area contributed by atoms with Crippen molar-refractivity contribution in [2.75, 3.05) is 0 Å². The largest absolute Gasteiger partial charge is 0.503 e. The van der Waals surface area contributed by atoms with Gasteiger partial charge in [-0.1, -0.05) is 28.5 Å². The Hall–Kier alpha value is -3.88. The SMILES string of the molecule is Cc1noc(C)c1-c1c(-c2cc(F)c(O)c(F)c2)c2ccccc2n1/C(N)=N/O. The van der Waals surface area contributed by atoms with Crippen LogP contribution in [-0.2, 0) is 0 Å². The molecule has 148 valence electrons. The molecule has 0 atom stereocenters. The van der Waals surface area contributed by atoms with E-state index in [4.69, 9.17) is 10.3 Å². The number of para-hydroxylation sites is 1. The molecule has 0 spiro atoms. The highest BCUT2D eigenvalue weighted by atomic mass is 19.1. The third-order valence-electron chi connectivity index (χ3n) is 4.78. The summed E-state index contributed by atoms with van der Waals surface area (Å²) in [5.74, 6) is -3.08. The summed E-state index contributed by atoms with van der Waals surface area (Å²) in [6.45, 7) is 3.40. The summed E-state index contributed by atoms with van der Waals surface area (Å²) in [7, 11) is 0. The van der Waals surface area contributed by atoms with Crippen LogP contribution in [0.3, 0.4) is 0 Å². The fourth-order valence-electron chi connectivity index (χ4n) is 3.58. The highest BCUT2D eigenvalue weighted by Crippen LogP contribution is 2.44. The van der Waals surface area contributed by atoms with Crippen molar-refractivity contribution in [2.24, 2.45) is 10.9 Å². The lowest BCUT2D eigenvalue weighted by molar-refractivity contribution is 0.316. The van der Waals surface area contributed by atoms with Gasteiger partial charge in [-0.2, -0.15) is 0 Å². The number of benzene rings is 2. The number of rotatable bonds is 2. The molecular formula is C20H16F2N4O3. The number of oxime groups is 1. The highest BCUT2D eigenvalue weighted by Gasteiger charge is 2.27. The maximum atomic E-state index is 14.2. The number of halogens is 2. The van der Waals surface area contributed by atoms with E-state index in [0.29, 0.717) is 39.2 Å². The molecule has 29 heavy (non-hydrogen) atoms. The van der Waals surface area contributed by atoms with Gasteiger partial charge in [0.15, 0.2) is 17.4 Å². The normalized spacial score (nSPS) is 12.1. The standard InChI is InChI=1S/C20H16F2N4O3/c1-9-16(10(2)29-25-9)18-17(11-7-13(21)19(27)14(22)8-11)12-5-3-4-6-15(12)26(18)20(23)24-28/h3-8,27-28H,1-2H3,(H2,23,24). The van der Waals surface area contributed by atoms with Crippen LogP contribution in [0.5, 0.6) is 5.75 Å². The number of aromatic hydroxyl groups is 1. The predicted molar refractivity (Wildman–Crippen MR) is 103 cm³/mol. The number of aromatic nitrogens is 2. The molecule has 0 saturated heterocycles. The number of fused-ring (bicyclic) bond motifs is 1. The van der Waals surface area contributed by atoms with Gasteiger partial charge in [0.1, 0.15) is 5.76 Å². The first-order valence-corrected chi connectivity index (χ1v) is 8.58. The van der Waals surface area contributed by atoms with Gasteiger partial charge in [0, 0.05) is 10.9 Å². The van der Waals surface area contributed by atoms with Gasteiger partial charge in [-0.3, -0.25) is 4.57 Å². The summed E-state index contributed by atoms with van der Waals surface area (Å²) in [6.07, 6.45) is 0. The van der Waals surface area contributed by atoms with Crippen molar-refractivity contribution in [3.05, 3.63) is 59.5 Å². The van der Waals surface area contributed by atoms with Gasteiger partial charge < -0.3 is 20.6 Å². The van der Waals surface area contributed by atoms with E-state index >= 15 is 0 Å². The maximum Gasteiger partial charge on any atom is 0.242 e. The first-order chi connectivity index (χ1) is 13.8. The number of hydrogen-bond donors (Lipinski definition) is 3. The predicted octanol–water partition coefficient (Wildman–Crippen LogP) is 4.12. The van der Waals surface area contributed by atoms with E-state index in [0.717, 1.165) is 12.1 Å². The van der Waals surface area contributed by atoms with Gasteiger partial charge in [0.25, 0.3) is 0 Å². The Bertz CT molecular complexity index is 1250. The van der Waals surface area contributed by atoms with Crippen molar-refractivity contribution in [1.82, 2.24) is 9.72 Å². The zero-order valence-corrected chi connectivity index (χ0v) is 15.4. The Morgan fingerprint density at radius 3 is 2.38 bits per heavy atom. The Kier molecular flexibility index (Phi) is 4.22. The van der Waals surface area contributed by atoms with Gasteiger partial charge in [0.2, 0.25) is 5.96 Å². The molecule has 0 saturated carbocycles. The Labute approximate surface area is 163 Å². The van der Waals surface area contributed by atoms with Crippen molar-refractivity contribution in [1.29, 1.82) is 0 Å². The van der Waals surface area contributed by atoms with Crippen molar-refractivity contribution in [3.63, 3.8) is 0 Å². The Morgan fingerprint density at radius 2 is 1.79 bits per heavy atom. The number of aryl methyl sites for hydroxylation is 2. The number of hydrogen-bond acceptors (Lipinski definition) is 5. The lowest BCUT2D eigenvalue weighted by Crippen LogP contribution is -2.23. The van der Waals surface area contributed by atoms with Crippen LogP contribution in [0.2, 0.25) is 0 Å². The zero-order chi connectivity index (χ0) is 20.9. The number of phenols is 1. The van der Waals surface area contributed by atoms with Crippen LogP contribution in [-0.4, -0.2) is 26.0 Å². The molecule has 9 heteroatoms. The van der Waals surface area contributed by atoms with Crippen LogP contribution < -0.4 is 5.73 Å². The summed E-state index contributed by atoms with van der Waals surface area (Å²) in [4.78, 5) is 0. The molecule has 4 aromatic rings. The summed E-state index contributed by atoms with van der Waals surface area (Å²) in [6, 6.07) is 9.04. The molecule has 0 aliphatic heterocycles. The molecule has 2 aromatic carbocycles. The molecule has 2 heterocycles. The summed E-state index contributed by atoms with van der Waals surface area (Å²) in [5.41, 5.74) is 8.53. The quantitative estimate of drug-likeness (QED) is 0.204. The Balaban J connectivity index is 2.25. The molecule has 7 nitrogen and oxygen atoms in total. The van der Waals surface area contributed by atoms with E-state index < -0.39 is 17.4 Å². The molecule has 0 unspecified atom stereocenters. The molecule has 0 aliphatic rings. The molecule has 0 amide bonds. The molecule has 4 rings (SSSR count). The average molecular weight is 398 g/mol. The van der Waals surface area contributed by atoms with Crippen molar-refractivity contribution < 1.29 is 23.6 Å². The fraction of sp³-hybridized carbons (Fsp3) is 0.100. The van der Waals surface area contributed by atoms with Crippen molar-refractivity contribution in [3.8, 4) is 28.1 Å². The second-order valence-corrected chi connectivity index (χ2v) is 6.52. The van der Waals surface area contributed by atoms with E-state index in [2.05, 4.69) is 10.3 Å². The molecule has 0 bridgehead atoms. The third kappa shape index (κ3) is 2.70. The number of nitrogens with zero attached hydrogens (tertiary/aromatic N) is 3. The van der Waals surface area contributed by atoms with E-state index in [1.807, 2.05) is 0 Å². The number of phenolic OH excluding ortho intramolecular Hbond substituents is 1. The van der Waals surface area contributed by atoms with Crippen LogP contribution in [0.4, 0.5) is 8.78 Å². The maximum absolute atomic E-state index is 14.2. The van der Waals surface area contributed by atoms with Gasteiger partial charge in [0.05, 0.1) is 22.5 Å². The highest BCUT2D eigenvalue weighted by molar-refractivity contribution is 6.10. The fourth-order valence-corrected chi connectivity index (χ4v) is 3.58. The van der Waals surface area contributed by atoms with E-state index in [-0.39, 0.29) is 11.5 Å². The van der Waals surface area contributed by atoms with E-state index in [9.17, 15) is 19.1 Å². The zero-order valence-electron chi connectivity index (χ0n) is 15.4. The van der Waals surface area contributed by atoms with E-state index in [1.54, 1.807) is 38.1 Å². The monoisotopic (exact) mass is 398 g/mol. The molecular weight excluding hydrogens is 382 g/mol. The van der Waals surface area contributed by atoms with Crippen LogP contribution >= 0.6 is 0 Å². The lowest BCUT2D eigenvalue weighted by Gasteiger charge is -2.11. The van der Waals surface area contributed by atoms with Gasteiger partial charge in [-0.25, -0.2) is 8.78 Å². The molecule has 0 aliphatic carbocycles. The van der Waals surface area contributed by atoms with Crippen LogP contribution in [0.25, 0.3) is 33.3 Å². The lowest BCUT2D eigenvalue weighted by atomic mass is 9.97. The second kappa shape index (κ2) is 6.62. The van der Waals surface area contributed by atoms with Crippen LogP contribution in [0.1, 0.15) is 11.5 Å². The first kappa shape index (κ1) is 18.5. The van der Waals surface area contributed by atoms with Crippen LogP contribution in [0, 0.1) is 25.5 Å². The first-order valence-electron chi connectivity index (χ1n) is 8.58. The summed E-state index contributed by atoms with van der Waals surface area (Å²) < 4.78 is 35.1. The minimum Gasteiger partial charge on any atom is -0.503 e. The van der Waals surface area contributed by atoms with Crippen molar-refractivity contribution in [2.45, 2.75) is 13.8 Å². The van der Waals surface area contributed by atoms with Gasteiger partial charge in [-0.05, 0) is 37.6 Å². The molecule has 4 N–H and O–H groups in total. The molecule has 2 aromatic heterocycles. The average Bonchev–Trinajstić information content (AvgIpc) is 3.21. The molecule has 0 fully saturated rings. The van der Waals surface area contributed by atoms with Gasteiger partial charge in [-0.15, -0.1) is 0 Å².